The third-order valence-corrected chi connectivity index (χ3v) is 4.69. The molecule has 1 fully saturated rings. The predicted molar refractivity (Wildman–Crippen MR) is 103 cm³/mol. The van der Waals surface area contributed by atoms with Gasteiger partial charge in [0, 0.05) is 6.42 Å². The monoisotopic (exact) mass is 398 g/mol. The fraction of sp³-hybridized carbons (Fsp3) is 0.318. The minimum atomic E-state index is -1.16. The number of benzene rings is 2. The Morgan fingerprint density at radius 1 is 0.931 bits per heavy atom. The molecule has 7 heteroatoms. The van der Waals surface area contributed by atoms with Crippen molar-refractivity contribution in [2.75, 3.05) is 6.61 Å². The van der Waals surface area contributed by atoms with E-state index in [2.05, 4.69) is 0 Å². The van der Waals surface area contributed by atoms with E-state index in [9.17, 15) is 19.5 Å². The number of carbonyl (C=O) groups excluding carboxylic acids is 2. The summed E-state index contributed by atoms with van der Waals surface area (Å²) in [5.74, 6) is -2.30. The van der Waals surface area contributed by atoms with Gasteiger partial charge in [-0.3, -0.25) is 0 Å². The van der Waals surface area contributed by atoms with E-state index in [-0.39, 0.29) is 13.0 Å². The maximum atomic E-state index is 12.4. The van der Waals surface area contributed by atoms with Crippen molar-refractivity contribution < 1.29 is 33.7 Å². The first-order valence-corrected chi connectivity index (χ1v) is 9.23. The first-order chi connectivity index (χ1) is 13.8. The Hall–Kier alpha value is -3.19. The van der Waals surface area contributed by atoms with E-state index in [4.69, 9.17) is 14.2 Å². The summed E-state index contributed by atoms with van der Waals surface area (Å²) in [6, 6.07) is 13.7. The van der Waals surface area contributed by atoms with Crippen LogP contribution < -0.4 is 0 Å². The van der Waals surface area contributed by atoms with Crippen molar-refractivity contribution in [3.8, 4) is 0 Å². The highest BCUT2D eigenvalue weighted by Crippen LogP contribution is 2.25. The molecule has 1 aliphatic heterocycles. The summed E-state index contributed by atoms with van der Waals surface area (Å²) in [5, 5.41) is 9.24. The molecule has 0 aliphatic carbocycles. The minimum Gasteiger partial charge on any atom is -0.479 e. The van der Waals surface area contributed by atoms with E-state index < -0.39 is 36.2 Å². The highest BCUT2D eigenvalue weighted by atomic mass is 16.6. The van der Waals surface area contributed by atoms with Gasteiger partial charge in [-0.25, -0.2) is 14.4 Å². The van der Waals surface area contributed by atoms with E-state index >= 15 is 0 Å². The maximum absolute atomic E-state index is 12.4. The highest BCUT2D eigenvalue weighted by Gasteiger charge is 2.42. The van der Waals surface area contributed by atoms with Crippen LogP contribution in [0.25, 0.3) is 0 Å². The minimum absolute atomic E-state index is 0.0142. The molecule has 29 heavy (non-hydrogen) atoms. The number of hydrogen-bond donors (Lipinski definition) is 1. The topological polar surface area (TPSA) is 99.1 Å². The number of aliphatic carboxylic acids is 1. The van der Waals surface area contributed by atoms with Crippen LogP contribution in [0.5, 0.6) is 0 Å². The van der Waals surface area contributed by atoms with Gasteiger partial charge in [-0.05, 0) is 38.1 Å². The fourth-order valence-electron chi connectivity index (χ4n) is 2.97. The first-order valence-electron chi connectivity index (χ1n) is 9.23. The number of hydrogen-bond acceptors (Lipinski definition) is 6. The molecule has 152 valence electrons. The Kier molecular flexibility index (Phi) is 6.29. The van der Waals surface area contributed by atoms with Gasteiger partial charge in [-0.2, -0.15) is 0 Å². The van der Waals surface area contributed by atoms with Crippen LogP contribution in [0.3, 0.4) is 0 Å². The summed E-state index contributed by atoms with van der Waals surface area (Å²) in [5.41, 5.74) is 2.73. The van der Waals surface area contributed by atoms with Crippen LogP contribution in [0.2, 0.25) is 0 Å². The van der Waals surface area contributed by atoms with Crippen LogP contribution in [0.4, 0.5) is 0 Å². The molecule has 7 nitrogen and oxygen atoms in total. The second-order valence-electron chi connectivity index (χ2n) is 7.01. The second-order valence-corrected chi connectivity index (χ2v) is 7.01. The van der Waals surface area contributed by atoms with Gasteiger partial charge in [0.25, 0.3) is 0 Å². The van der Waals surface area contributed by atoms with E-state index in [0.29, 0.717) is 11.1 Å². The lowest BCUT2D eigenvalue weighted by atomic mass is 10.1. The number of ether oxygens (including phenoxy) is 3. The zero-order chi connectivity index (χ0) is 21.0. The first kappa shape index (κ1) is 20.5. The number of carboxylic acids is 1. The average Bonchev–Trinajstić information content (AvgIpc) is 3.10. The summed E-state index contributed by atoms with van der Waals surface area (Å²) < 4.78 is 16.2. The van der Waals surface area contributed by atoms with Crippen molar-refractivity contribution >= 4 is 17.9 Å². The molecule has 1 N–H and O–H groups in total. The van der Waals surface area contributed by atoms with Gasteiger partial charge in [0.15, 0.2) is 6.10 Å². The summed E-state index contributed by atoms with van der Waals surface area (Å²) in [6.07, 6.45) is -2.84. The number of rotatable bonds is 6. The molecule has 2 aromatic carbocycles. The van der Waals surface area contributed by atoms with Crippen molar-refractivity contribution in [3.05, 3.63) is 70.8 Å². The second kappa shape index (κ2) is 8.87. The molecule has 0 bridgehead atoms. The Morgan fingerprint density at radius 2 is 1.45 bits per heavy atom. The van der Waals surface area contributed by atoms with Gasteiger partial charge in [-0.1, -0.05) is 35.4 Å². The van der Waals surface area contributed by atoms with Crippen LogP contribution in [-0.4, -0.2) is 47.9 Å². The molecule has 1 heterocycles. The quantitative estimate of drug-likeness (QED) is 0.747. The fourth-order valence-corrected chi connectivity index (χ4v) is 2.97. The largest absolute Gasteiger partial charge is 0.479 e. The van der Waals surface area contributed by atoms with Crippen LogP contribution in [0, 0.1) is 13.8 Å². The number of carboxylic acid groups (broad SMARTS) is 1. The molecular weight excluding hydrogens is 376 g/mol. The Labute approximate surface area is 168 Å². The standard InChI is InChI=1S/C22H22O7/c1-13-3-7-15(8-4-13)21(25)27-12-19-17(11-18(28-19)20(23)24)29-22(26)16-9-5-14(2)6-10-16/h3-10,17-19H,11-12H2,1-2H3,(H,23,24). The van der Waals surface area contributed by atoms with Crippen molar-refractivity contribution in [1.82, 2.24) is 0 Å². The molecule has 3 atom stereocenters. The predicted octanol–water partition coefficient (Wildman–Crippen LogP) is 2.93. The van der Waals surface area contributed by atoms with Crippen LogP contribution >= 0.6 is 0 Å². The Balaban J connectivity index is 1.65. The average molecular weight is 398 g/mol. The van der Waals surface area contributed by atoms with Gasteiger partial charge in [0.05, 0.1) is 11.1 Å². The zero-order valence-corrected chi connectivity index (χ0v) is 16.2. The normalized spacial score (nSPS) is 20.8. The Morgan fingerprint density at radius 3 is 1.97 bits per heavy atom. The number of esters is 2. The number of carbonyl (C=O) groups is 3. The smallest absolute Gasteiger partial charge is 0.338 e. The van der Waals surface area contributed by atoms with Crippen LogP contribution in [-0.2, 0) is 19.0 Å². The SMILES string of the molecule is Cc1ccc(C(=O)OCC2OC(C(=O)O)CC2OC(=O)c2ccc(C)cc2)cc1. The molecule has 1 aliphatic rings. The molecule has 0 aromatic heterocycles. The molecule has 0 spiro atoms. The van der Waals surface area contributed by atoms with Crippen molar-refractivity contribution in [2.24, 2.45) is 0 Å². The van der Waals surface area contributed by atoms with Gasteiger partial charge in [0.1, 0.15) is 18.8 Å². The van der Waals surface area contributed by atoms with Crippen molar-refractivity contribution in [2.45, 2.75) is 38.6 Å². The van der Waals surface area contributed by atoms with Crippen molar-refractivity contribution in [1.29, 1.82) is 0 Å². The zero-order valence-electron chi connectivity index (χ0n) is 16.2. The van der Waals surface area contributed by atoms with Gasteiger partial charge in [0.2, 0.25) is 0 Å². The van der Waals surface area contributed by atoms with Gasteiger partial charge in [-0.15, -0.1) is 0 Å². The third-order valence-electron chi connectivity index (χ3n) is 4.69. The molecule has 3 rings (SSSR count). The Bertz CT molecular complexity index is 886. The summed E-state index contributed by atoms with van der Waals surface area (Å²) in [7, 11) is 0. The lowest BCUT2D eigenvalue weighted by molar-refractivity contribution is -0.150. The van der Waals surface area contributed by atoms with E-state index in [1.807, 2.05) is 13.8 Å². The van der Waals surface area contributed by atoms with E-state index in [1.165, 1.54) is 0 Å². The highest BCUT2D eigenvalue weighted by molar-refractivity contribution is 5.90. The third kappa shape index (κ3) is 5.20. The molecule has 0 amide bonds. The van der Waals surface area contributed by atoms with Crippen molar-refractivity contribution in [3.63, 3.8) is 0 Å². The van der Waals surface area contributed by atoms with Crippen LogP contribution in [0.1, 0.15) is 38.3 Å². The summed E-state index contributed by atoms with van der Waals surface area (Å²) in [6.45, 7) is 3.58. The molecular formula is C22H22O7. The van der Waals surface area contributed by atoms with Gasteiger partial charge < -0.3 is 19.3 Å². The lowest BCUT2D eigenvalue weighted by Gasteiger charge is -2.19. The number of aryl methyl sites for hydroxylation is 2. The summed E-state index contributed by atoms with van der Waals surface area (Å²) >= 11 is 0. The molecule has 0 radical (unpaired) electrons. The molecule has 1 saturated heterocycles. The molecule has 0 saturated carbocycles. The van der Waals surface area contributed by atoms with Gasteiger partial charge >= 0.3 is 17.9 Å². The lowest BCUT2D eigenvalue weighted by Crippen LogP contribution is -2.32. The van der Waals surface area contributed by atoms with Crippen LogP contribution in [0.15, 0.2) is 48.5 Å². The maximum Gasteiger partial charge on any atom is 0.338 e. The summed E-state index contributed by atoms with van der Waals surface area (Å²) in [4.78, 5) is 35.9. The van der Waals surface area contributed by atoms with E-state index in [1.54, 1.807) is 48.5 Å². The molecule has 3 unspecified atom stereocenters. The van der Waals surface area contributed by atoms with E-state index in [0.717, 1.165) is 11.1 Å². The molecule has 2 aromatic rings.